The van der Waals surface area contributed by atoms with Gasteiger partial charge in [-0.25, -0.2) is 18.0 Å². The Morgan fingerprint density at radius 1 is 0.966 bits per heavy atom. The summed E-state index contributed by atoms with van der Waals surface area (Å²) in [5, 5.41) is 0.659. The van der Waals surface area contributed by atoms with Crippen LogP contribution >= 0.6 is 0 Å². The molecule has 0 aliphatic rings. The highest BCUT2D eigenvalue weighted by Crippen LogP contribution is 2.27. The van der Waals surface area contributed by atoms with E-state index in [1.165, 1.54) is 12.1 Å². The average molecular weight is 416 g/mol. The van der Waals surface area contributed by atoms with Gasteiger partial charge in [0.15, 0.2) is 9.84 Å². The molecule has 0 saturated heterocycles. The minimum atomic E-state index is -3.16. The summed E-state index contributed by atoms with van der Waals surface area (Å²) >= 11 is 0. The van der Waals surface area contributed by atoms with Gasteiger partial charge in [0.1, 0.15) is 12.2 Å². The number of furan rings is 1. The first kappa shape index (κ1) is 20.6. The van der Waals surface area contributed by atoms with E-state index < -0.39 is 21.8 Å². The molecule has 0 bridgehead atoms. The van der Waals surface area contributed by atoms with Crippen LogP contribution in [-0.4, -0.2) is 33.2 Å². The van der Waals surface area contributed by atoms with Crippen molar-refractivity contribution in [3.63, 3.8) is 0 Å². The SMILES string of the molecule is CCOC(=O)c1oc2ccccc2c1COC(=O)c1ccc(CS(C)(=O)=O)cc1. The Morgan fingerprint density at radius 3 is 2.31 bits per heavy atom. The van der Waals surface area contributed by atoms with Crippen molar-refractivity contribution < 1.29 is 31.9 Å². The largest absolute Gasteiger partial charge is 0.460 e. The molecule has 0 saturated carbocycles. The first-order chi connectivity index (χ1) is 13.8. The summed E-state index contributed by atoms with van der Waals surface area (Å²) < 4.78 is 38.7. The standard InChI is InChI=1S/C21H20O7S/c1-3-26-21(23)19-17(16-6-4-5-7-18(16)28-19)12-27-20(22)15-10-8-14(9-11-15)13-29(2,24)25/h4-11H,3,12-13H2,1-2H3. The monoisotopic (exact) mass is 416 g/mol. The molecule has 0 fully saturated rings. The fourth-order valence-corrected chi connectivity index (χ4v) is 3.66. The molecule has 29 heavy (non-hydrogen) atoms. The summed E-state index contributed by atoms with van der Waals surface area (Å²) in [5.74, 6) is -1.33. The Hall–Kier alpha value is -3.13. The van der Waals surface area contributed by atoms with Gasteiger partial charge in [-0.15, -0.1) is 0 Å². The first-order valence-electron chi connectivity index (χ1n) is 8.90. The number of hydrogen-bond donors (Lipinski definition) is 0. The molecule has 0 N–H and O–H groups in total. The van der Waals surface area contributed by atoms with Crippen LogP contribution < -0.4 is 0 Å². The molecular weight excluding hydrogens is 396 g/mol. The Bertz CT molecular complexity index is 1140. The fourth-order valence-electron chi connectivity index (χ4n) is 2.86. The molecule has 1 heterocycles. The van der Waals surface area contributed by atoms with Crippen molar-refractivity contribution in [2.24, 2.45) is 0 Å². The second kappa shape index (κ2) is 8.48. The Labute approximate surface area is 168 Å². The fraction of sp³-hybridized carbons (Fsp3) is 0.238. The molecular formula is C21H20O7S. The zero-order chi connectivity index (χ0) is 21.0. The van der Waals surface area contributed by atoms with E-state index in [0.717, 1.165) is 6.26 Å². The van der Waals surface area contributed by atoms with E-state index in [4.69, 9.17) is 13.9 Å². The molecule has 0 radical (unpaired) electrons. The maximum absolute atomic E-state index is 12.4. The van der Waals surface area contributed by atoms with Crippen LogP contribution in [0.25, 0.3) is 11.0 Å². The van der Waals surface area contributed by atoms with Crippen molar-refractivity contribution in [3.8, 4) is 0 Å². The number of para-hydroxylation sites is 1. The third-order valence-electron chi connectivity index (χ3n) is 4.13. The highest BCUT2D eigenvalue weighted by molar-refractivity contribution is 7.89. The van der Waals surface area contributed by atoms with Crippen molar-refractivity contribution in [2.75, 3.05) is 12.9 Å². The predicted molar refractivity (Wildman–Crippen MR) is 106 cm³/mol. The first-order valence-corrected chi connectivity index (χ1v) is 11.0. The van der Waals surface area contributed by atoms with E-state index in [2.05, 4.69) is 0 Å². The van der Waals surface area contributed by atoms with Crippen LogP contribution in [0.4, 0.5) is 0 Å². The number of sulfone groups is 1. The van der Waals surface area contributed by atoms with E-state index in [1.807, 2.05) is 0 Å². The second-order valence-electron chi connectivity index (χ2n) is 6.47. The second-order valence-corrected chi connectivity index (χ2v) is 8.61. The molecule has 0 unspecified atom stereocenters. The van der Waals surface area contributed by atoms with Crippen molar-refractivity contribution in [1.82, 2.24) is 0 Å². The van der Waals surface area contributed by atoms with Gasteiger partial charge in [-0.1, -0.05) is 30.3 Å². The van der Waals surface area contributed by atoms with Crippen LogP contribution in [0.3, 0.4) is 0 Å². The van der Waals surface area contributed by atoms with Crippen LogP contribution in [0.2, 0.25) is 0 Å². The van der Waals surface area contributed by atoms with Gasteiger partial charge in [0.2, 0.25) is 5.76 Å². The number of ether oxygens (including phenoxy) is 2. The normalized spacial score (nSPS) is 11.4. The summed E-state index contributed by atoms with van der Waals surface area (Å²) in [6, 6.07) is 13.2. The van der Waals surface area contributed by atoms with E-state index in [9.17, 15) is 18.0 Å². The molecule has 3 rings (SSSR count). The number of benzene rings is 2. The highest BCUT2D eigenvalue weighted by Gasteiger charge is 2.23. The van der Waals surface area contributed by atoms with Crippen LogP contribution in [0.1, 0.15) is 39.0 Å². The number of esters is 2. The minimum Gasteiger partial charge on any atom is -0.460 e. The number of fused-ring (bicyclic) bond motifs is 1. The topological polar surface area (TPSA) is 99.9 Å². The molecule has 8 heteroatoms. The summed E-state index contributed by atoms with van der Waals surface area (Å²) in [5.41, 5.74) is 1.77. The maximum Gasteiger partial charge on any atom is 0.374 e. The summed E-state index contributed by atoms with van der Waals surface area (Å²) in [7, 11) is -3.16. The summed E-state index contributed by atoms with van der Waals surface area (Å²) in [4.78, 5) is 24.6. The molecule has 0 aliphatic carbocycles. The lowest BCUT2D eigenvalue weighted by molar-refractivity contribution is 0.0435. The molecule has 2 aromatic carbocycles. The third kappa shape index (κ3) is 5.03. The van der Waals surface area contributed by atoms with Crippen LogP contribution in [0, 0.1) is 0 Å². The molecule has 0 spiro atoms. The van der Waals surface area contributed by atoms with Gasteiger partial charge in [0.05, 0.1) is 23.5 Å². The smallest absolute Gasteiger partial charge is 0.374 e. The van der Waals surface area contributed by atoms with Crippen molar-refractivity contribution >= 4 is 32.7 Å². The van der Waals surface area contributed by atoms with Gasteiger partial charge < -0.3 is 13.9 Å². The van der Waals surface area contributed by atoms with E-state index >= 15 is 0 Å². The van der Waals surface area contributed by atoms with E-state index in [1.54, 1.807) is 43.3 Å². The number of rotatable bonds is 7. The summed E-state index contributed by atoms with van der Waals surface area (Å²) in [6.45, 7) is 1.71. The van der Waals surface area contributed by atoms with Gasteiger partial charge in [-0.05, 0) is 30.7 Å². The van der Waals surface area contributed by atoms with Crippen LogP contribution in [0.5, 0.6) is 0 Å². The molecule has 0 amide bonds. The molecule has 1 aromatic heterocycles. The Morgan fingerprint density at radius 2 is 1.66 bits per heavy atom. The third-order valence-corrected chi connectivity index (χ3v) is 4.98. The van der Waals surface area contributed by atoms with Gasteiger partial charge in [0.25, 0.3) is 0 Å². The minimum absolute atomic E-state index is 0.00403. The van der Waals surface area contributed by atoms with Gasteiger partial charge in [-0.2, -0.15) is 0 Å². The Balaban J connectivity index is 1.78. The number of carbonyl (C=O) groups excluding carboxylic acids is 2. The summed E-state index contributed by atoms with van der Waals surface area (Å²) in [6.07, 6.45) is 1.14. The van der Waals surface area contributed by atoms with Gasteiger partial charge in [-0.3, -0.25) is 0 Å². The average Bonchev–Trinajstić information content (AvgIpc) is 3.04. The van der Waals surface area contributed by atoms with E-state index in [-0.39, 0.29) is 30.3 Å². The zero-order valence-corrected chi connectivity index (χ0v) is 16.8. The Kier molecular flexibility index (Phi) is 6.03. The molecule has 7 nitrogen and oxygen atoms in total. The van der Waals surface area contributed by atoms with Crippen molar-refractivity contribution in [1.29, 1.82) is 0 Å². The highest BCUT2D eigenvalue weighted by atomic mass is 32.2. The zero-order valence-electron chi connectivity index (χ0n) is 16.0. The lowest BCUT2D eigenvalue weighted by atomic mass is 10.1. The van der Waals surface area contributed by atoms with E-state index in [0.29, 0.717) is 22.1 Å². The van der Waals surface area contributed by atoms with Crippen molar-refractivity contribution in [2.45, 2.75) is 19.3 Å². The van der Waals surface area contributed by atoms with Gasteiger partial charge in [0, 0.05) is 11.6 Å². The molecule has 0 atom stereocenters. The predicted octanol–water partition coefficient (Wildman–Crippen LogP) is 3.51. The van der Waals surface area contributed by atoms with Crippen molar-refractivity contribution in [3.05, 3.63) is 71.0 Å². The lowest BCUT2D eigenvalue weighted by Gasteiger charge is -2.07. The maximum atomic E-state index is 12.4. The van der Waals surface area contributed by atoms with Crippen LogP contribution in [0.15, 0.2) is 52.9 Å². The lowest BCUT2D eigenvalue weighted by Crippen LogP contribution is -2.10. The quantitative estimate of drug-likeness (QED) is 0.543. The number of hydrogen-bond acceptors (Lipinski definition) is 7. The van der Waals surface area contributed by atoms with Crippen LogP contribution in [-0.2, 0) is 31.7 Å². The molecule has 152 valence electrons. The molecule has 3 aromatic rings. The molecule has 0 aliphatic heterocycles. The van der Waals surface area contributed by atoms with Gasteiger partial charge >= 0.3 is 11.9 Å². The number of carbonyl (C=O) groups is 2.